The Balaban J connectivity index is 2.70. The fraction of sp³-hybridized carbons (Fsp3) is 0.538. The molecule has 0 bridgehead atoms. The first kappa shape index (κ1) is 18.2. The molecule has 0 aliphatic carbocycles. The van der Waals surface area contributed by atoms with Crippen LogP contribution in [-0.4, -0.2) is 53.7 Å². The van der Waals surface area contributed by atoms with Gasteiger partial charge in [-0.3, -0.25) is 0 Å². The molecule has 0 amide bonds. The standard InChI is InChI=1S/C13H22ClN3O3S/c1-10-12(15)8-11(14)9-13(10)21(18,19)16-4-5-17(2)6-7-20-3/h8-9,16H,4-7,15H2,1-3H3. The molecule has 0 fully saturated rings. The first-order valence-electron chi connectivity index (χ1n) is 6.50. The zero-order valence-corrected chi connectivity index (χ0v) is 14.1. The third-order valence-electron chi connectivity index (χ3n) is 3.12. The van der Waals surface area contributed by atoms with Crippen molar-refractivity contribution in [3.63, 3.8) is 0 Å². The second-order valence-corrected chi connectivity index (χ2v) is 6.98. The van der Waals surface area contributed by atoms with Gasteiger partial charge >= 0.3 is 0 Å². The molecule has 0 unspecified atom stereocenters. The predicted molar refractivity (Wildman–Crippen MR) is 85.2 cm³/mol. The molecule has 21 heavy (non-hydrogen) atoms. The zero-order chi connectivity index (χ0) is 16.0. The first-order chi connectivity index (χ1) is 9.77. The zero-order valence-electron chi connectivity index (χ0n) is 12.5. The fourth-order valence-corrected chi connectivity index (χ4v) is 3.37. The molecule has 1 aromatic carbocycles. The van der Waals surface area contributed by atoms with Crippen LogP contribution in [0, 0.1) is 6.92 Å². The highest BCUT2D eigenvalue weighted by Crippen LogP contribution is 2.25. The summed E-state index contributed by atoms with van der Waals surface area (Å²) in [6.07, 6.45) is 0. The average molecular weight is 336 g/mol. The van der Waals surface area contributed by atoms with Crippen LogP contribution in [0.15, 0.2) is 17.0 Å². The highest BCUT2D eigenvalue weighted by molar-refractivity contribution is 7.89. The lowest BCUT2D eigenvalue weighted by Gasteiger charge is -2.17. The topological polar surface area (TPSA) is 84.7 Å². The van der Waals surface area contributed by atoms with Gasteiger partial charge in [-0.15, -0.1) is 0 Å². The maximum absolute atomic E-state index is 12.3. The van der Waals surface area contributed by atoms with Gasteiger partial charge in [0.15, 0.2) is 0 Å². The average Bonchev–Trinajstić information content (AvgIpc) is 2.40. The molecule has 0 atom stereocenters. The lowest BCUT2D eigenvalue weighted by atomic mass is 10.2. The van der Waals surface area contributed by atoms with Gasteiger partial charge in [-0.05, 0) is 31.7 Å². The van der Waals surface area contributed by atoms with E-state index < -0.39 is 10.0 Å². The third kappa shape index (κ3) is 5.44. The smallest absolute Gasteiger partial charge is 0.241 e. The van der Waals surface area contributed by atoms with Gasteiger partial charge in [0.25, 0.3) is 0 Å². The number of methoxy groups -OCH3 is 1. The summed E-state index contributed by atoms with van der Waals surface area (Å²) in [7, 11) is -0.0979. The summed E-state index contributed by atoms with van der Waals surface area (Å²) >= 11 is 5.88. The molecule has 3 N–H and O–H groups in total. The van der Waals surface area contributed by atoms with E-state index in [1.54, 1.807) is 14.0 Å². The number of ether oxygens (including phenoxy) is 1. The molecule has 0 saturated heterocycles. The number of hydrogen-bond acceptors (Lipinski definition) is 5. The molecule has 8 heteroatoms. The number of sulfonamides is 1. The van der Waals surface area contributed by atoms with Gasteiger partial charge in [0.05, 0.1) is 11.5 Å². The summed E-state index contributed by atoms with van der Waals surface area (Å²) in [6, 6.07) is 2.94. The minimum absolute atomic E-state index is 0.118. The molecular weight excluding hydrogens is 314 g/mol. The molecule has 6 nitrogen and oxygen atoms in total. The quantitative estimate of drug-likeness (QED) is 0.695. The molecule has 0 heterocycles. The molecule has 0 spiro atoms. The Bertz CT molecular complexity index is 578. The molecule has 0 aliphatic heterocycles. The number of nitrogens with two attached hydrogens (primary N) is 1. The van der Waals surface area contributed by atoms with Gasteiger partial charge in [-0.25, -0.2) is 13.1 Å². The molecular formula is C13H22ClN3O3S. The van der Waals surface area contributed by atoms with Crippen LogP contribution in [0.1, 0.15) is 5.56 Å². The molecule has 0 radical (unpaired) electrons. The van der Waals surface area contributed by atoms with Crippen molar-refractivity contribution in [1.29, 1.82) is 0 Å². The largest absolute Gasteiger partial charge is 0.398 e. The van der Waals surface area contributed by atoms with E-state index in [-0.39, 0.29) is 4.90 Å². The van der Waals surface area contributed by atoms with E-state index in [2.05, 4.69) is 4.72 Å². The summed E-state index contributed by atoms with van der Waals surface area (Å²) in [5, 5.41) is 0.302. The summed E-state index contributed by atoms with van der Waals surface area (Å²) in [4.78, 5) is 2.10. The normalized spacial score (nSPS) is 12.0. The van der Waals surface area contributed by atoms with Crippen LogP contribution in [0.2, 0.25) is 5.02 Å². The molecule has 1 aromatic rings. The Morgan fingerprint density at radius 3 is 2.67 bits per heavy atom. The molecule has 120 valence electrons. The van der Waals surface area contributed by atoms with Crippen molar-refractivity contribution >= 4 is 27.3 Å². The van der Waals surface area contributed by atoms with Crippen LogP contribution in [-0.2, 0) is 14.8 Å². The van der Waals surface area contributed by atoms with Crippen molar-refractivity contribution in [2.24, 2.45) is 0 Å². The lowest BCUT2D eigenvalue weighted by molar-refractivity contribution is 0.162. The van der Waals surface area contributed by atoms with Crippen molar-refractivity contribution < 1.29 is 13.2 Å². The Morgan fingerprint density at radius 2 is 2.05 bits per heavy atom. The van der Waals surface area contributed by atoms with E-state index in [1.807, 2.05) is 11.9 Å². The van der Waals surface area contributed by atoms with Gasteiger partial charge in [-0.2, -0.15) is 0 Å². The van der Waals surface area contributed by atoms with Gasteiger partial charge in [-0.1, -0.05) is 11.6 Å². The number of nitrogens with one attached hydrogen (secondary N) is 1. The Labute approximate surface area is 131 Å². The van der Waals surface area contributed by atoms with Crippen LogP contribution >= 0.6 is 11.6 Å². The number of hydrogen-bond donors (Lipinski definition) is 2. The second kappa shape index (κ2) is 7.95. The molecule has 0 aliphatic rings. The van der Waals surface area contributed by atoms with Crippen molar-refractivity contribution in [3.05, 3.63) is 22.7 Å². The number of nitrogen functional groups attached to an aromatic ring is 1. The SMILES string of the molecule is COCCN(C)CCNS(=O)(=O)c1cc(Cl)cc(N)c1C. The van der Waals surface area contributed by atoms with Gasteiger partial charge < -0.3 is 15.4 Å². The summed E-state index contributed by atoms with van der Waals surface area (Å²) in [6.45, 7) is 3.88. The molecule has 0 saturated carbocycles. The number of halogens is 1. The van der Waals surface area contributed by atoms with Crippen molar-refractivity contribution in [1.82, 2.24) is 9.62 Å². The minimum Gasteiger partial charge on any atom is -0.398 e. The summed E-state index contributed by atoms with van der Waals surface area (Å²) in [5.41, 5.74) is 6.61. The van der Waals surface area contributed by atoms with Crippen molar-refractivity contribution in [3.8, 4) is 0 Å². The van der Waals surface area contributed by atoms with Crippen LogP contribution in [0.4, 0.5) is 5.69 Å². The maximum Gasteiger partial charge on any atom is 0.241 e. The van der Waals surface area contributed by atoms with Gasteiger partial charge in [0.1, 0.15) is 0 Å². The number of benzene rings is 1. The maximum atomic E-state index is 12.3. The number of nitrogens with zero attached hydrogens (tertiary/aromatic N) is 1. The number of rotatable bonds is 8. The highest BCUT2D eigenvalue weighted by Gasteiger charge is 2.18. The summed E-state index contributed by atoms with van der Waals surface area (Å²) < 4.78 is 32.1. The number of likely N-dealkylation sites (N-methyl/N-ethyl adjacent to an activating group) is 1. The van der Waals surface area contributed by atoms with E-state index in [1.165, 1.54) is 12.1 Å². The highest BCUT2D eigenvalue weighted by atomic mass is 35.5. The summed E-state index contributed by atoms with van der Waals surface area (Å²) in [5.74, 6) is 0. The van der Waals surface area contributed by atoms with E-state index >= 15 is 0 Å². The monoisotopic (exact) mass is 335 g/mol. The Morgan fingerprint density at radius 1 is 1.38 bits per heavy atom. The minimum atomic E-state index is -3.62. The van der Waals surface area contributed by atoms with E-state index in [0.29, 0.717) is 36.0 Å². The van der Waals surface area contributed by atoms with E-state index in [0.717, 1.165) is 6.54 Å². The third-order valence-corrected chi connectivity index (χ3v) is 4.92. The predicted octanol–water partition coefficient (Wildman–Crippen LogP) is 1.09. The molecule has 0 aromatic heterocycles. The van der Waals surface area contributed by atoms with Crippen LogP contribution in [0.3, 0.4) is 0 Å². The second-order valence-electron chi connectivity index (χ2n) is 4.81. The van der Waals surface area contributed by atoms with Crippen LogP contribution in [0.25, 0.3) is 0 Å². The fourth-order valence-electron chi connectivity index (χ4n) is 1.76. The van der Waals surface area contributed by atoms with Gasteiger partial charge in [0, 0.05) is 37.5 Å². The van der Waals surface area contributed by atoms with E-state index in [4.69, 9.17) is 22.1 Å². The van der Waals surface area contributed by atoms with E-state index in [9.17, 15) is 8.42 Å². The number of anilines is 1. The van der Waals surface area contributed by atoms with Crippen LogP contribution < -0.4 is 10.5 Å². The Hall–Kier alpha value is -0.860. The molecule has 1 rings (SSSR count). The van der Waals surface area contributed by atoms with Crippen molar-refractivity contribution in [2.45, 2.75) is 11.8 Å². The van der Waals surface area contributed by atoms with Gasteiger partial charge in [0.2, 0.25) is 10.0 Å². The Kier molecular flexibility index (Phi) is 6.89. The first-order valence-corrected chi connectivity index (χ1v) is 8.37. The van der Waals surface area contributed by atoms with Crippen LogP contribution in [0.5, 0.6) is 0 Å². The van der Waals surface area contributed by atoms with Crippen molar-refractivity contribution in [2.75, 3.05) is 46.1 Å². The lowest BCUT2D eigenvalue weighted by Crippen LogP contribution is -2.34.